The number of halogens is 34. The first-order valence-corrected chi connectivity index (χ1v) is 16.5. The highest BCUT2D eigenvalue weighted by Gasteiger charge is 2.95. The van der Waals surface area contributed by atoms with Crippen LogP contribution in [0.25, 0.3) is 0 Å². The molecule has 2 aromatic carbocycles. The maximum atomic E-state index is 14.2. The number of rotatable bonds is 18. The molecule has 2 rings (SSSR count). The molecule has 0 atom stereocenters. The van der Waals surface area contributed by atoms with Crippen molar-refractivity contribution >= 4 is 23.1 Å². The highest BCUT2D eigenvalue weighted by atomic mass is 32.2. The average molecular weight is 1110 g/mol. The van der Waals surface area contributed by atoms with Crippen molar-refractivity contribution in [1.82, 2.24) is 0 Å². The zero-order valence-electron chi connectivity index (χ0n) is 30.7. The molecular formula is C30H10F34N2O2S. The van der Waals surface area contributed by atoms with Crippen LogP contribution in [0.4, 0.5) is 161 Å². The van der Waals surface area contributed by atoms with Gasteiger partial charge < -0.3 is 20.9 Å². The van der Waals surface area contributed by atoms with Gasteiger partial charge in [0.05, 0.1) is 11.4 Å². The predicted molar refractivity (Wildman–Crippen MR) is 157 cm³/mol. The molecule has 4 nitrogen and oxygen atoms in total. The van der Waals surface area contributed by atoms with Crippen molar-refractivity contribution in [3.63, 3.8) is 0 Å². The van der Waals surface area contributed by atoms with E-state index >= 15 is 0 Å². The number of benzene rings is 2. The molecule has 0 aliphatic rings. The van der Waals surface area contributed by atoms with Crippen LogP contribution in [-0.2, 0) is 0 Å². The Hall–Kier alpha value is -4.91. The number of ether oxygens (including phenoxy) is 2. The lowest BCUT2D eigenvalue weighted by molar-refractivity contribution is -0.451. The molecule has 0 aromatic heterocycles. The Morgan fingerprint density at radius 2 is 0.551 bits per heavy atom. The standard InChI is InChI=1S/C30H10F34N2O2S/c31-13(17(35,36)19(39,40)21(43,44)23(47,48)25(51,52)27(55,56)29(59,60)61)15(33)67-11-3-1-7(5-9(11)65)69-8-2-4-12(10(66)6-8)68-16(34)14(32)18(37,38)20(41,42)22(45,46)24(49,50)26(53,54)28(57,58)30(62,63)64/h1-6H,65-66H2. The second-order valence-corrected chi connectivity index (χ2v) is 13.9. The number of nitrogens with two attached hydrogens (primary N) is 2. The van der Waals surface area contributed by atoms with E-state index in [1.807, 2.05) is 0 Å². The zero-order valence-corrected chi connectivity index (χ0v) is 31.5. The van der Waals surface area contributed by atoms with Crippen molar-refractivity contribution in [3.8, 4) is 11.5 Å². The molecule has 396 valence electrons. The van der Waals surface area contributed by atoms with Crippen molar-refractivity contribution in [3.05, 3.63) is 60.1 Å². The van der Waals surface area contributed by atoms with E-state index < -0.39 is 140 Å². The van der Waals surface area contributed by atoms with Gasteiger partial charge in [-0.25, -0.2) is 0 Å². The summed E-state index contributed by atoms with van der Waals surface area (Å²) in [6, 6.07) is -5.85. The van der Waals surface area contributed by atoms with E-state index in [2.05, 4.69) is 9.47 Å². The van der Waals surface area contributed by atoms with Gasteiger partial charge in [-0.1, -0.05) is 11.8 Å². The van der Waals surface area contributed by atoms with E-state index in [1.54, 1.807) is 0 Å². The molecule has 0 radical (unpaired) electrons. The number of hydrogen-bond donors (Lipinski definition) is 2. The fraction of sp³-hybridized carbons (Fsp3) is 0.467. The maximum Gasteiger partial charge on any atom is 0.460 e. The molecular weight excluding hydrogens is 1100 g/mol. The van der Waals surface area contributed by atoms with Gasteiger partial charge in [-0.3, -0.25) is 0 Å². The minimum atomic E-state index is -8.88. The second-order valence-electron chi connectivity index (χ2n) is 12.8. The number of nitrogen functional groups attached to an aromatic ring is 2. The van der Waals surface area contributed by atoms with E-state index in [0.717, 1.165) is 0 Å². The summed E-state index contributed by atoms with van der Waals surface area (Å²) in [6.45, 7) is 0. The lowest BCUT2D eigenvalue weighted by Crippen LogP contribution is -2.72. The maximum absolute atomic E-state index is 14.2. The predicted octanol–water partition coefficient (Wildman–Crippen LogP) is 14.7. The molecule has 0 unspecified atom stereocenters. The third-order valence-electron chi connectivity index (χ3n) is 8.15. The molecule has 0 amide bonds. The summed E-state index contributed by atoms with van der Waals surface area (Å²) in [5, 5.41) is 0. The van der Waals surface area contributed by atoms with Crippen molar-refractivity contribution in [1.29, 1.82) is 0 Å². The molecule has 0 fully saturated rings. The summed E-state index contributed by atoms with van der Waals surface area (Å²) in [4.78, 5) is -0.966. The van der Waals surface area contributed by atoms with Crippen LogP contribution in [0.15, 0.2) is 69.9 Å². The number of alkyl halides is 30. The summed E-state index contributed by atoms with van der Waals surface area (Å²) in [6.07, 6.45) is -16.0. The van der Waals surface area contributed by atoms with Crippen LogP contribution in [0.1, 0.15) is 0 Å². The Kier molecular flexibility index (Phi) is 15.2. The van der Waals surface area contributed by atoms with Crippen molar-refractivity contribution in [2.24, 2.45) is 0 Å². The Bertz CT molecular complexity index is 2140. The van der Waals surface area contributed by atoms with Crippen LogP contribution < -0.4 is 20.9 Å². The molecule has 0 saturated carbocycles. The normalized spacial score (nSPS) is 16.0. The molecule has 39 heteroatoms. The summed E-state index contributed by atoms with van der Waals surface area (Å²) in [7, 11) is 0. The van der Waals surface area contributed by atoms with E-state index in [4.69, 9.17) is 11.5 Å². The van der Waals surface area contributed by atoms with Crippen molar-refractivity contribution in [2.75, 3.05) is 11.5 Å². The second kappa shape index (κ2) is 17.4. The molecule has 0 heterocycles. The summed E-state index contributed by atoms with van der Waals surface area (Å²) in [5.41, 5.74) is 8.06. The van der Waals surface area contributed by atoms with Crippen molar-refractivity contribution < 1.29 is 159 Å². The van der Waals surface area contributed by atoms with Crippen LogP contribution in [0, 0.1) is 0 Å². The molecule has 0 spiro atoms. The number of allylic oxidation sites excluding steroid dienone is 2. The Morgan fingerprint density at radius 3 is 0.768 bits per heavy atom. The third kappa shape index (κ3) is 9.07. The van der Waals surface area contributed by atoms with Crippen LogP contribution in [0.3, 0.4) is 0 Å². The van der Waals surface area contributed by atoms with Gasteiger partial charge in [-0.05, 0) is 36.4 Å². The molecule has 0 aliphatic heterocycles. The first-order chi connectivity index (χ1) is 30.1. The van der Waals surface area contributed by atoms with Gasteiger partial charge in [0.2, 0.25) is 11.7 Å². The van der Waals surface area contributed by atoms with E-state index in [-0.39, 0.29) is 23.9 Å². The molecule has 4 N–H and O–H groups in total. The largest absolute Gasteiger partial charge is 0.460 e. The molecule has 0 bridgehead atoms. The smallest absolute Gasteiger partial charge is 0.427 e. The van der Waals surface area contributed by atoms with Gasteiger partial charge >= 0.3 is 95.4 Å². The Morgan fingerprint density at radius 1 is 0.333 bits per heavy atom. The van der Waals surface area contributed by atoms with E-state index in [1.165, 1.54) is 0 Å². The van der Waals surface area contributed by atoms with Gasteiger partial charge in [0.25, 0.3) is 0 Å². The summed E-state index contributed by atoms with van der Waals surface area (Å²) in [5.74, 6) is -115. The van der Waals surface area contributed by atoms with Gasteiger partial charge in [-0.15, -0.1) is 0 Å². The van der Waals surface area contributed by atoms with E-state index in [0.29, 0.717) is 24.3 Å². The summed E-state index contributed by atoms with van der Waals surface area (Å²) >= 11 is 0.171. The molecule has 69 heavy (non-hydrogen) atoms. The minimum Gasteiger partial charge on any atom is -0.427 e. The monoisotopic (exact) mass is 1110 g/mol. The average Bonchev–Trinajstić information content (AvgIpc) is 3.17. The van der Waals surface area contributed by atoms with Crippen LogP contribution in [0.5, 0.6) is 11.5 Å². The molecule has 0 saturated heterocycles. The fourth-order valence-corrected chi connectivity index (χ4v) is 5.16. The number of anilines is 2. The highest BCUT2D eigenvalue weighted by Crippen LogP contribution is 2.65. The van der Waals surface area contributed by atoms with Gasteiger partial charge in [0.1, 0.15) is 0 Å². The summed E-state index contributed by atoms with van der Waals surface area (Å²) < 4.78 is 465. The topological polar surface area (TPSA) is 70.5 Å². The Labute approximate surface area is 358 Å². The van der Waals surface area contributed by atoms with E-state index in [9.17, 15) is 149 Å². The lowest BCUT2D eigenvalue weighted by Gasteiger charge is -2.41. The van der Waals surface area contributed by atoms with Crippen LogP contribution >= 0.6 is 11.8 Å². The van der Waals surface area contributed by atoms with Crippen LogP contribution in [-0.4, -0.2) is 83.4 Å². The van der Waals surface area contributed by atoms with Crippen LogP contribution in [0.2, 0.25) is 0 Å². The van der Waals surface area contributed by atoms with Crippen molar-refractivity contribution in [2.45, 2.75) is 93.2 Å². The van der Waals surface area contributed by atoms with Gasteiger partial charge in [0.15, 0.2) is 11.5 Å². The first-order valence-electron chi connectivity index (χ1n) is 15.7. The Balaban J connectivity index is 2.43. The lowest BCUT2D eigenvalue weighted by atomic mass is 9.91. The minimum absolute atomic E-state index is 0.144. The molecule has 2 aromatic rings. The molecule has 0 aliphatic carbocycles. The zero-order chi connectivity index (χ0) is 55.1. The van der Waals surface area contributed by atoms with Gasteiger partial charge in [0, 0.05) is 9.79 Å². The fourth-order valence-electron chi connectivity index (χ4n) is 4.24. The quantitative estimate of drug-likeness (QED) is 0.0884. The third-order valence-corrected chi connectivity index (χ3v) is 9.13. The number of hydrogen-bond acceptors (Lipinski definition) is 5. The SMILES string of the molecule is Nc1cc(Sc2ccc(OC(F)=C(F)C(F)(F)C(F)(F)C(F)(F)C(F)(F)C(F)(F)C(F)(F)C(F)(F)F)c(N)c2)ccc1OC(F)=C(F)C(F)(F)C(F)(F)C(F)(F)C(F)(F)C(F)(F)C(F)(F)C(F)(F)F. The highest BCUT2D eigenvalue weighted by molar-refractivity contribution is 7.99. The first kappa shape index (κ1) is 60.2. The van der Waals surface area contributed by atoms with Gasteiger partial charge in [-0.2, -0.15) is 149 Å².